The average molecular weight is 371 g/mol. The van der Waals surface area contributed by atoms with E-state index in [9.17, 15) is 0 Å². The van der Waals surface area contributed by atoms with Crippen LogP contribution in [0, 0.1) is 6.92 Å². The minimum absolute atomic E-state index is 0.145. The van der Waals surface area contributed by atoms with Crippen molar-refractivity contribution in [2.45, 2.75) is 25.8 Å². The van der Waals surface area contributed by atoms with E-state index in [1.54, 1.807) is 11.3 Å². The molecular formula is C14H13BrClN3S. The van der Waals surface area contributed by atoms with Crippen LogP contribution >= 0.6 is 38.9 Å². The van der Waals surface area contributed by atoms with Crippen molar-refractivity contribution < 1.29 is 0 Å². The van der Waals surface area contributed by atoms with Crippen LogP contribution in [0.3, 0.4) is 0 Å². The van der Waals surface area contributed by atoms with E-state index in [1.165, 1.54) is 4.88 Å². The molecule has 0 saturated carbocycles. The molecule has 3 aromatic rings. The van der Waals surface area contributed by atoms with Crippen LogP contribution in [0.4, 0.5) is 0 Å². The van der Waals surface area contributed by atoms with E-state index in [2.05, 4.69) is 42.6 Å². The fourth-order valence-corrected chi connectivity index (χ4v) is 3.80. The van der Waals surface area contributed by atoms with Crippen LogP contribution in [0.1, 0.15) is 28.7 Å². The number of halogens is 2. The summed E-state index contributed by atoms with van der Waals surface area (Å²) in [7, 11) is 0. The van der Waals surface area contributed by atoms with Crippen molar-refractivity contribution in [2.24, 2.45) is 0 Å². The lowest BCUT2D eigenvalue weighted by Crippen LogP contribution is -2.05. The van der Waals surface area contributed by atoms with Gasteiger partial charge in [0.2, 0.25) is 0 Å². The lowest BCUT2D eigenvalue weighted by molar-refractivity contribution is 0.743. The van der Waals surface area contributed by atoms with Crippen LogP contribution in [0.15, 0.2) is 28.1 Å². The molecule has 104 valence electrons. The van der Waals surface area contributed by atoms with Crippen LogP contribution in [-0.2, 0) is 6.54 Å². The third-order valence-electron chi connectivity index (χ3n) is 3.06. The monoisotopic (exact) mass is 369 g/mol. The Morgan fingerprint density at radius 1 is 1.30 bits per heavy atom. The molecule has 1 unspecified atom stereocenters. The number of hydrogen-bond acceptors (Lipinski definition) is 3. The fourth-order valence-electron chi connectivity index (χ4n) is 2.17. The summed E-state index contributed by atoms with van der Waals surface area (Å²) in [6.07, 6.45) is 0. The molecule has 0 fully saturated rings. The SMILES string of the molecule is Cc1ccc2nc(C(C)Cl)n(Cc3ccc(Br)s3)c2n1. The minimum atomic E-state index is -0.145. The van der Waals surface area contributed by atoms with Crippen LogP contribution in [0.5, 0.6) is 0 Å². The number of hydrogen-bond donors (Lipinski definition) is 0. The van der Waals surface area contributed by atoms with Crippen LogP contribution in [-0.4, -0.2) is 14.5 Å². The van der Waals surface area contributed by atoms with Gasteiger partial charge >= 0.3 is 0 Å². The summed E-state index contributed by atoms with van der Waals surface area (Å²) in [4.78, 5) is 10.5. The highest BCUT2D eigenvalue weighted by Gasteiger charge is 2.16. The van der Waals surface area contributed by atoms with Gasteiger partial charge in [0.15, 0.2) is 5.65 Å². The lowest BCUT2D eigenvalue weighted by atomic mass is 10.3. The summed E-state index contributed by atoms with van der Waals surface area (Å²) in [6.45, 7) is 4.67. The molecule has 0 bridgehead atoms. The summed E-state index contributed by atoms with van der Waals surface area (Å²) < 4.78 is 3.24. The topological polar surface area (TPSA) is 30.7 Å². The van der Waals surface area contributed by atoms with Gasteiger partial charge in [-0.05, 0) is 54.0 Å². The Hall–Kier alpha value is -0.910. The molecule has 20 heavy (non-hydrogen) atoms. The molecule has 0 aromatic carbocycles. The number of nitrogens with zero attached hydrogens (tertiary/aromatic N) is 3. The van der Waals surface area contributed by atoms with E-state index < -0.39 is 0 Å². The van der Waals surface area contributed by atoms with E-state index >= 15 is 0 Å². The van der Waals surface area contributed by atoms with Gasteiger partial charge in [-0.3, -0.25) is 0 Å². The Bertz CT molecular complexity index is 763. The lowest BCUT2D eigenvalue weighted by Gasteiger charge is -2.08. The first-order valence-electron chi connectivity index (χ1n) is 6.26. The molecule has 3 heterocycles. The quantitative estimate of drug-likeness (QED) is 0.613. The first kappa shape index (κ1) is 14.0. The molecule has 0 spiro atoms. The number of pyridine rings is 1. The maximum atomic E-state index is 6.27. The van der Waals surface area contributed by atoms with Crippen molar-refractivity contribution in [1.29, 1.82) is 0 Å². The minimum Gasteiger partial charge on any atom is -0.306 e. The maximum Gasteiger partial charge on any atom is 0.160 e. The highest BCUT2D eigenvalue weighted by molar-refractivity contribution is 9.11. The molecule has 3 nitrogen and oxygen atoms in total. The molecule has 0 aliphatic rings. The molecule has 0 saturated heterocycles. The van der Waals surface area contributed by atoms with Crippen molar-refractivity contribution in [1.82, 2.24) is 14.5 Å². The number of aromatic nitrogens is 3. The summed E-state index contributed by atoms with van der Waals surface area (Å²) in [5.41, 5.74) is 2.78. The number of imidazole rings is 1. The smallest absolute Gasteiger partial charge is 0.160 e. The van der Waals surface area contributed by atoms with Gasteiger partial charge in [-0.1, -0.05) is 0 Å². The summed E-state index contributed by atoms with van der Waals surface area (Å²) in [5.74, 6) is 0.865. The molecule has 0 radical (unpaired) electrons. The summed E-state index contributed by atoms with van der Waals surface area (Å²) >= 11 is 11.5. The molecule has 0 aliphatic carbocycles. The number of fused-ring (bicyclic) bond motifs is 1. The number of alkyl halides is 1. The molecule has 1 atom stereocenters. The first-order valence-corrected chi connectivity index (χ1v) is 8.31. The molecule has 6 heteroatoms. The highest BCUT2D eigenvalue weighted by Crippen LogP contribution is 2.28. The van der Waals surface area contributed by atoms with Gasteiger partial charge in [-0.25, -0.2) is 9.97 Å². The van der Waals surface area contributed by atoms with Gasteiger partial charge in [-0.2, -0.15) is 0 Å². The number of rotatable bonds is 3. The number of aryl methyl sites for hydroxylation is 1. The normalized spacial score (nSPS) is 13.0. The molecule has 3 aromatic heterocycles. The Balaban J connectivity index is 2.15. The number of thiophene rings is 1. The Kier molecular flexibility index (Phi) is 3.84. The third kappa shape index (κ3) is 2.62. The summed E-state index contributed by atoms with van der Waals surface area (Å²) in [6, 6.07) is 8.14. The second-order valence-corrected chi connectivity index (χ2v) is 7.88. The van der Waals surface area contributed by atoms with Crippen molar-refractivity contribution in [3.63, 3.8) is 0 Å². The molecule has 3 rings (SSSR count). The van der Waals surface area contributed by atoms with Crippen molar-refractivity contribution in [3.8, 4) is 0 Å². The summed E-state index contributed by atoms with van der Waals surface area (Å²) in [5, 5.41) is -0.145. The predicted molar refractivity (Wildman–Crippen MR) is 87.7 cm³/mol. The van der Waals surface area contributed by atoms with E-state index in [1.807, 2.05) is 26.0 Å². The largest absolute Gasteiger partial charge is 0.306 e. The van der Waals surface area contributed by atoms with Gasteiger partial charge in [0.25, 0.3) is 0 Å². The second-order valence-electron chi connectivity index (χ2n) is 4.67. The zero-order chi connectivity index (χ0) is 14.3. The van der Waals surface area contributed by atoms with Crippen molar-refractivity contribution >= 4 is 50.0 Å². The Labute approximate surface area is 134 Å². The zero-order valence-corrected chi connectivity index (χ0v) is 14.3. The molecule has 0 N–H and O–H groups in total. The van der Waals surface area contributed by atoms with Gasteiger partial charge in [0.1, 0.15) is 11.3 Å². The van der Waals surface area contributed by atoms with E-state index in [0.29, 0.717) is 0 Å². The van der Waals surface area contributed by atoms with Gasteiger partial charge in [-0.15, -0.1) is 22.9 Å². The Morgan fingerprint density at radius 3 is 2.75 bits per heavy atom. The fraction of sp³-hybridized carbons (Fsp3) is 0.286. The van der Waals surface area contributed by atoms with Gasteiger partial charge in [0, 0.05) is 10.6 Å². The molecule has 0 aliphatic heterocycles. The van der Waals surface area contributed by atoms with Gasteiger partial charge < -0.3 is 4.57 Å². The van der Waals surface area contributed by atoms with Crippen LogP contribution in [0.2, 0.25) is 0 Å². The van der Waals surface area contributed by atoms with Crippen molar-refractivity contribution in [3.05, 3.63) is 44.4 Å². The highest BCUT2D eigenvalue weighted by atomic mass is 79.9. The first-order chi connectivity index (χ1) is 9.54. The standard InChI is InChI=1S/C14H13BrClN3S/c1-8-3-5-11-14(17-8)19(13(18-11)9(2)16)7-10-4-6-12(15)20-10/h3-6,9H,7H2,1-2H3. The van der Waals surface area contributed by atoms with Crippen molar-refractivity contribution in [2.75, 3.05) is 0 Å². The van der Waals surface area contributed by atoms with Gasteiger partial charge in [0.05, 0.1) is 15.7 Å². The van der Waals surface area contributed by atoms with E-state index in [0.717, 1.165) is 33.0 Å². The maximum absolute atomic E-state index is 6.27. The van der Waals surface area contributed by atoms with E-state index in [-0.39, 0.29) is 5.38 Å². The molecule has 0 amide bonds. The Morgan fingerprint density at radius 2 is 2.10 bits per heavy atom. The average Bonchev–Trinajstić information content (AvgIpc) is 2.95. The van der Waals surface area contributed by atoms with Crippen LogP contribution in [0.25, 0.3) is 11.2 Å². The van der Waals surface area contributed by atoms with E-state index in [4.69, 9.17) is 11.6 Å². The predicted octanol–water partition coefficient (Wildman–Crippen LogP) is 4.91. The van der Waals surface area contributed by atoms with Crippen LogP contribution < -0.4 is 0 Å². The second kappa shape index (κ2) is 5.47. The third-order valence-corrected chi connectivity index (χ3v) is 4.86. The zero-order valence-electron chi connectivity index (χ0n) is 11.1. The molecular weight excluding hydrogens is 358 g/mol.